The molecule has 0 aliphatic carbocycles. The summed E-state index contributed by atoms with van der Waals surface area (Å²) < 4.78 is 10.2. The second kappa shape index (κ2) is 9.32. The van der Waals surface area contributed by atoms with Gasteiger partial charge < -0.3 is 24.6 Å². The third-order valence-electron chi connectivity index (χ3n) is 5.20. The first-order valence-electron chi connectivity index (χ1n) is 9.44. The summed E-state index contributed by atoms with van der Waals surface area (Å²) in [7, 11) is 3.05. The number of amides is 5. The van der Waals surface area contributed by atoms with Gasteiger partial charge in [0.25, 0.3) is 0 Å². The van der Waals surface area contributed by atoms with Crippen molar-refractivity contribution in [2.45, 2.75) is 18.9 Å². The number of likely N-dealkylation sites (tertiary alicyclic amines) is 1. The number of carbonyl (C=O) groups excluding carboxylic acids is 3. The molecule has 0 unspecified atom stereocenters. The lowest BCUT2D eigenvalue weighted by Gasteiger charge is -2.36. The summed E-state index contributed by atoms with van der Waals surface area (Å²) in [5, 5.41) is 3.32. The van der Waals surface area contributed by atoms with E-state index in [-0.39, 0.29) is 37.1 Å². The largest absolute Gasteiger partial charge is 0.495 e. The number of hydrogen-bond acceptors (Lipinski definition) is 5. The van der Waals surface area contributed by atoms with Crippen molar-refractivity contribution in [3.63, 3.8) is 0 Å². The lowest BCUT2D eigenvalue weighted by Crippen LogP contribution is -2.49. The fourth-order valence-electron chi connectivity index (χ4n) is 3.60. The average Bonchev–Trinajstić information content (AvgIpc) is 3.00. The van der Waals surface area contributed by atoms with E-state index >= 15 is 0 Å². The van der Waals surface area contributed by atoms with Crippen molar-refractivity contribution < 1.29 is 23.9 Å². The minimum atomic E-state index is -0.279. The summed E-state index contributed by atoms with van der Waals surface area (Å²) in [4.78, 5) is 41.8. The number of carbonyl (C=O) groups is 3. The van der Waals surface area contributed by atoms with Crippen molar-refractivity contribution in [2.75, 3.05) is 52.3 Å². The standard InChI is InChI=1S/C19H25ClN4O5/c1-28-10-9-23-17(25)12-24(19(23)27)14-5-7-22(8-6-14)18(26)21-15-11-13(20)3-4-16(15)29-2/h3-4,11,14H,5-10,12H2,1-2H3,(H,21,26). The van der Waals surface area contributed by atoms with Crippen molar-refractivity contribution in [2.24, 2.45) is 0 Å². The molecule has 3 rings (SSSR count). The van der Waals surface area contributed by atoms with Crippen molar-refractivity contribution in [3.8, 4) is 5.75 Å². The minimum Gasteiger partial charge on any atom is -0.495 e. The van der Waals surface area contributed by atoms with Crippen LogP contribution in [0.15, 0.2) is 18.2 Å². The van der Waals surface area contributed by atoms with Crippen LogP contribution >= 0.6 is 11.6 Å². The summed E-state index contributed by atoms with van der Waals surface area (Å²) in [5.74, 6) is 0.315. The summed E-state index contributed by atoms with van der Waals surface area (Å²) in [5.41, 5.74) is 0.501. The zero-order valence-corrected chi connectivity index (χ0v) is 17.3. The fourth-order valence-corrected chi connectivity index (χ4v) is 3.77. The van der Waals surface area contributed by atoms with E-state index in [1.807, 2.05) is 0 Å². The van der Waals surface area contributed by atoms with Gasteiger partial charge in [-0.2, -0.15) is 0 Å². The Hall–Kier alpha value is -2.52. The molecule has 0 aromatic heterocycles. The van der Waals surface area contributed by atoms with Crippen LogP contribution in [0.25, 0.3) is 0 Å². The van der Waals surface area contributed by atoms with Gasteiger partial charge in [0.2, 0.25) is 5.91 Å². The highest BCUT2D eigenvalue weighted by molar-refractivity contribution is 6.31. The number of methoxy groups -OCH3 is 2. The summed E-state index contributed by atoms with van der Waals surface area (Å²) in [6.07, 6.45) is 1.22. The first kappa shape index (κ1) is 21.2. The number of urea groups is 2. The predicted octanol–water partition coefficient (Wildman–Crippen LogP) is 2.26. The molecule has 1 aromatic carbocycles. The van der Waals surface area contributed by atoms with Crippen molar-refractivity contribution in [1.82, 2.24) is 14.7 Å². The van der Waals surface area contributed by atoms with Gasteiger partial charge in [0, 0.05) is 31.3 Å². The van der Waals surface area contributed by atoms with Crippen LogP contribution in [0.1, 0.15) is 12.8 Å². The normalized spacial score (nSPS) is 17.8. The number of halogens is 1. The molecule has 2 aliphatic heterocycles. The highest BCUT2D eigenvalue weighted by atomic mass is 35.5. The Labute approximate surface area is 174 Å². The van der Waals surface area contributed by atoms with Gasteiger partial charge in [0.05, 0.1) is 25.9 Å². The van der Waals surface area contributed by atoms with Crippen LogP contribution in [-0.4, -0.2) is 85.7 Å². The molecular formula is C19H25ClN4O5. The van der Waals surface area contributed by atoms with Crippen LogP contribution in [0, 0.1) is 0 Å². The fraction of sp³-hybridized carbons (Fsp3) is 0.526. The Morgan fingerprint density at radius 2 is 1.97 bits per heavy atom. The Morgan fingerprint density at radius 3 is 2.62 bits per heavy atom. The van der Waals surface area contributed by atoms with E-state index in [0.29, 0.717) is 49.0 Å². The molecule has 0 saturated carbocycles. The molecule has 2 heterocycles. The molecular weight excluding hydrogens is 400 g/mol. The number of piperidine rings is 1. The molecule has 2 saturated heterocycles. The number of rotatable bonds is 6. The maximum Gasteiger partial charge on any atom is 0.327 e. The third kappa shape index (κ3) is 4.73. The maximum atomic E-state index is 12.6. The zero-order chi connectivity index (χ0) is 21.0. The molecule has 0 bridgehead atoms. The molecule has 1 N–H and O–H groups in total. The van der Waals surface area contributed by atoms with Gasteiger partial charge >= 0.3 is 12.1 Å². The lowest BCUT2D eigenvalue weighted by molar-refractivity contribution is -0.125. The number of benzene rings is 1. The molecule has 0 atom stereocenters. The third-order valence-corrected chi connectivity index (χ3v) is 5.43. The molecule has 10 heteroatoms. The molecule has 5 amide bonds. The van der Waals surface area contributed by atoms with Crippen LogP contribution in [0.5, 0.6) is 5.75 Å². The Kier molecular flexibility index (Phi) is 6.81. The van der Waals surface area contributed by atoms with Crippen LogP contribution in [-0.2, 0) is 9.53 Å². The van der Waals surface area contributed by atoms with Crippen LogP contribution in [0.3, 0.4) is 0 Å². The van der Waals surface area contributed by atoms with E-state index in [0.717, 1.165) is 0 Å². The number of anilines is 1. The first-order chi connectivity index (χ1) is 13.9. The second-order valence-electron chi connectivity index (χ2n) is 6.94. The summed E-state index contributed by atoms with van der Waals surface area (Å²) in [6, 6.07) is 4.41. The monoisotopic (exact) mass is 424 g/mol. The zero-order valence-electron chi connectivity index (χ0n) is 16.5. The van der Waals surface area contributed by atoms with Gasteiger partial charge in [-0.15, -0.1) is 0 Å². The van der Waals surface area contributed by atoms with E-state index in [1.54, 1.807) is 28.0 Å². The predicted molar refractivity (Wildman–Crippen MR) is 107 cm³/mol. The SMILES string of the molecule is COCCN1C(=O)CN(C2CCN(C(=O)Nc3cc(Cl)ccc3OC)CC2)C1=O. The van der Waals surface area contributed by atoms with Gasteiger partial charge in [-0.3, -0.25) is 9.69 Å². The van der Waals surface area contributed by atoms with E-state index < -0.39 is 0 Å². The Bertz CT molecular complexity index is 782. The highest BCUT2D eigenvalue weighted by Gasteiger charge is 2.40. The van der Waals surface area contributed by atoms with Crippen LogP contribution < -0.4 is 10.1 Å². The second-order valence-corrected chi connectivity index (χ2v) is 7.38. The summed E-state index contributed by atoms with van der Waals surface area (Å²) in [6.45, 7) is 1.62. The number of ether oxygens (including phenoxy) is 2. The van der Waals surface area contributed by atoms with Gasteiger partial charge in [-0.25, -0.2) is 9.59 Å². The quantitative estimate of drug-likeness (QED) is 0.707. The maximum absolute atomic E-state index is 12.6. The molecule has 158 valence electrons. The molecule has 9 nitrogen and oxygen atoms in total. The van der Waals surface area contributed by atoms with Crippen molar-refractivity contribution >= 4 is 35.3 Å². The number of nitrogens with zero attached hydrogens (tertiary/aromatic N) is 3. The van der Waals surface area contributed by atoms with E-state index in [2.05, 4.69) is 5.32 Å². The molecule has 0 spiro atoms. The van der Waals surface area contributed by atoms with Gasteiger partial charge in [-0.05, 0) is 31.0 Å². The minimum absolute atomic E-state index is 0.0660. The van der Waals surface area contributed by atoms with E-state index in [4.69, 9.17) is 21.1 Å². The highest BCUT2D eigenvalue weighted by Crippen LogP contribution is 2.28. The van der Waals surface area contributed by atoms with Gasteiger partial charge in [0.1, 0.15) is 12.3 Å². The number of nitrogens with one attached hydrogen (secondary N) is 1. The van der Waals surface area contributed by atoms with Crippen LogP contribution in [0.4, 0.5) is 15.3 Å². The average molecular weight is 425 g/mol. The summed E-state index contributed by atoms with van der Waals surface area (Å²) >= 11 is 6.01. The number of hydrogen-bond donors (Lipinski definition) is 1. The molecule has 2 aliphatic rings. The van der Waals surface area contributed by atoms with Gasteiger partial charge in [-0.1, -0.05) is 11.6 Å². The molecule has 0 radical (unpaired) electrons. The van der Waals surface area contributed by atoms with Crippen molar-refractivity contribution in [1.29, 1.82) is 0 Å². The van der Waals surface area contributed by atoms with Crippen molar-refractivity contribution in [3.05, 3.63) is 23.2 Å². The Balaban J connectivity index is 1.55. The molecule has 29 heavy (non-hydrogen) atoms. The van der Waals surface area contributed by atoms with E-state index in [1.165, 1.54) is 19.1 Å². The molecule has 2 fully saturated rings. The van der Waals surface area contributed by atoms with Gasteiger partial charge in [0.15, 0.2) is 0 Å². The van der Waals surface area contributed by atoms with Crippen LogP contribution in [0.2, 0.25) is 5.02 Å². The Morgan fingerprint density at radius 1 is 1.24 bits per heavy atom. The number of imide groups is 1. The molecule has 1 aromatic rings. The first-order valence-corrected chi connectivity index (χ1v) is 9.81. The topological polar surface area (TPSA) is 91.4 Å². The smallest absolute Gasteiger partial charge is 0.327 e. The van der Waals surface area contributed by atoms with E-state index in [9.17, 15) is 14.4 Å². The lowest BCUT2D eigenvalue weighted by atomic mass is 10.0.